The molecule has 0 aliphatic heterocycles. The summed E-state index contributed by atoms with van der Waals surface area (Å²) >= 11 is 0. The molecule has 0 saturated carbocycles. The first-order valence-electron chi connectivity index (χ1n) is 6.72. The highest BCUT2D eigenvalue weighted by atomic mass is 16.4. The Morgan fingerprint density at radius 1 is 1.50 bits per heavy atom. The van der Waals surface area contributed by atoms with Gasteiger partial charge in [0.15, 0.2) is 5.82 Å². The molecular weight excluding hydrogens is 256 g/mol. The number of carbonyl (C=O) groups is 1. The van der Waals surface area contributed by atoms with Crippen molar-refractivity contribution in [3.8, 4) is 6.07 Å². The van der Waals surface area contributed by atoms with E-state index in [0.29, 0.717) is 36.2 Å². The van der Waals surface area contributed by atoms with E-state index >= 15 is 0 Å². The Bertz CT molecular complexity index is 482. The number of nitriles is 1. The van der Waals surface area contributed by atoms with Crippen molar-refractivity contribution in [1.29, 1.82) is 5.26 Å². The van der Waals surface area contributed by atoms with Crippen molar-refractivity contribution in [1.82, 2.24) is 10.2 Å². The highest BCUT2D eigenvalue weighted by molar-refractivity contribution is 5.66. The molecule has 0 fully saturated rings. The molecule has 0 radical (unpaired) electrons. The molecule has 1 atom stereocenters. The monoisotopic (exact) mass is 276 g/mol. The molecule has 2 N–H and O–H groups in total. The first kappa shape index (κ1) is 15.9. The molecular formula is C14H20N4O2. The van der Waals surface area contributed by atoms with Gasteiger partial charge >= 0.3 is 5.97 Å². The number of anilines is 1. The summed E-state index contributed by atoms with van der Waals surface area (Å²) in [6.45, 7) is 4.83. The summed E-state index contributed by atoms with van der Waals surface area (Å²) < 4.78 is 0. The summed E-state index contributed by atoms with van der Waals surface area (Å²) in [7, 11) is 0. The third-order valence-electron chi connectivity index (χ3n) is 3.32. The molecule has 1 rings (SSSR count). The predicted octanol–water partition coefficient (Wildman–Crippen LogP) is 2.29. The normalized spacial score (nSPS) is 11.9. The second-order valence-corrected chi connectivity index (χ2v) is 5.06. The minimum absolute atomic E-state index is 0.192. The number of rotatable bonds is 8. The van der Waals surface area contributed by atoms with Gasteiger partial charge in [0, 0.05) is 13.0 Å². The highest BCUT2D eigenvalue weighted by Crippen LogP contribution is 2.21. The van der Waals surface area contributed by atoms with Gasteiger partial charge in [-0.1, -0.05) is 13.8 Å². The van der Waals surface area contributed by atoms with E-state index in [4.69, 9.17) is 10.4 Å². The maximum Gasteiger partial charge on any atom is 0.303 e. The fourth-order valence-corrected chi connectivity index (χ4v) is 2.05. The van der Waals surface area contributed by atoms with Gasteiger partial charge in [-0.05, 0) is 30.7 Å². The zero-order valence-corrected chi connectivity index (χ0v) is 11.8. The third-order valence-corrected chi connectivity index (χ3v) is 3.32. The van der Waals surface area contributed by atoms with E-state index in [2.05, 4.69) is 35.4 Å². The van der Waals surface area contributed by atoms with Gasteiger partial charge in [-0.25, -0.2) is 0 Å². The van der Waals surface area contributed by atoms with Crippen molar-refractivity contribution >= 4 is 11.8 Å². The Labute approximate surface area is 118 Å². The minimum Gasteiger partial charge on any atom is -0.481 e. The summed E-state index contributed by atoms with van der Waals surface area (Å²) in [5.41, 5.74) is 0.464. The Morgan fingerprint density at radius 2 is 2.25 bits per heavy atom. The lowest BCUT2D eigenvalue weighted by molar-refractivity contribution is -0.137. The Morgan fingerprint density at radius 3 is 2.85 bits per heavy atom. The van der Waals surface area contributed by atoms with E-state index in [1.54, 1.807) is 6.07 Å². The summed E-state index contributed by atoms with van der Waals surface area (Å²) in [6, 6.07) is 3.66. The molecule has 0 aromatic carbocycles. The molecule has 1 heterocycles. The standard InChI is InChI=1S/C14H20N4O2/c1-10(2)11(3-4-13(19)20)5-7-16-14-12(9-15)6-8-17-18-14/h6,8,10-11H,3-5,7H2,1-2H3,(H,16,18)(H,19,20). The van der Waals surface area contributed by atoms with Gasteiger partial charge in [0.1, 0.15) is 6.07 Å². The molecule has 0 saturated heterocycles. The van der Waals surface area contributed by atoms with Crippen molar-refractivity contribution in [2.24, 2.45) is 11.8 Å². The minimum atomic E-state index is -0.760. The van der Waals surface area contributed by atoms with Crippen molar-refractivity contribution in [3.05, 3.63) is 17.8 Å². The average Bonchev–Trinajstić information content (AvgIpc) is 2.42. The first-order chi connectivity index (χ1) is 9.54. The van der Waals surface area contributed by atoms with Crippen molar-refractivity contribution in [3.63, 3.8) is 0 Å². The molecule has 1 aromatic rings. The van der Waals surface area contributed by atoms with Crippen molar-refractivity contribution in [2.75, 3.05) is 11.9 Å². The number of hydrogen-bond acceptors (Lipinski definition) is 5. The number of nitrogens with one attached hydrogen (secondary N) is 1. The highest BCUT2D eigenvalue weighted by Gasteiger charge is 2.15. The van der Waals surface area contributed by atoms with Crippen LogP contribution in [0.1, 0.15) is 38.7 Å². The van der Waals surface area contributed by atoms with E-state index in [9.17, 15) is 4.79 Å². The van der Waals surface area contributed by atoms with Crippen molar-refractivity contribution in [2.45, 2.75) is 33.1 Å². The van der Waals surface area contributed by atoms with Crippen LogP contribution in [0.15, 0.2) is 12.3 Å². The zero-order chi connectivity index (χ0) is 15.0. The van der Waals surface area contributed by atoms with Crippen molar-refractivity contribution < 1.29 is 9.90 Å². The number of nitrogens with zero attached hydrogens (tertiary/aromatic N) is 3. The lowest BCUT2D eigenvalue weighted by Gasteiger charge is -2.20. The second kappa shape index (κ2) is 8.10. The van der Waals surface area contributed by atoms with Gasteiger partial charge in [0.25, 0.3) is 0 Å². The second-order valence-electron chi connectivity index (χ2n) is 5.06. The molecule has 20 heavy (non-hydrogen) atoms. The summed E-state index contributed by atoms with van der Waals surface area (Å²) in [6.07, 6.45) is 3.18. The van der Waals surface area contributed by atoms with E-state index in [-0.39, 0.29) is 6.42 Å². The molecule has 1 aromatic heterocycles. The van der Waals surface area contributed by atoms with Crippen LogP contribution in [0.3, 0.4) is 0 Å². The number of carboxylic acid groups (broad SMARTS) is 1. The third kappa shape index (κ3) is 5.22. The maximum atomic E-state index is 10.6. The summed E-state index contributed by atoms with van der Waals surface area (Å²) in [5, 5.41) is 28.4. The molecule has 0 spiro atoms. The van der Waals surface area contributed by atoms with Gasteiger partial charge in [0.2, 0.25) is 0 Å². The molecule has 6 heteroatoms. The van der Waals surface area contributed by atoms with Crippen LogP contribution >= 0.6 is 0 Å². The molecule has 0 bridgehead atoms. The summed E-state index contributed by atoms with van der Waals surface area (Å²) in [5.74, 6) is 0.481. The summed E-state index contributed by atoms with van der Waals surface area (Å²) in [4.78, 5) is 10.6. The van der Waals surface area contributed by atoms with Gasteiger partial charge in [-0.3, -0.25) is 4.79 Å². The fraction of sp³-hybridized carbons (Fsp3) is 0.571. The Hall–Kier alpha value is -2.16. The SMILES string of the molecule is CC(C)C(CCNc1nnccc1C#N)CCC(=O)O. The molecule has 0 aliphatic rings. The average molecular weight is 276 g/mol. The number of aliphatic carboxylic acids is 1. The Kier molecular flexibility index (Phi) is 6.44. The van der Waals surface area contributed by atoms with Gasteiger partial charge < -0.3 is 10.4 Å². The molecule has 108 valence electrons. The topological polar surface area (TPSA) is 98.9 Å². The fourth-order valence-electron chi connectivity index (χ4n) is 2.05. The maximum absolute atomic E-state index is 10.6. The number of carboxylic acids is 1. The van der Waals surface area contributed by atoms with Crippen LogP contribution in [0, 0.1) is 23.2 Å². The number of aromatic nitrogens is 2. The van der Waals surface area contributed by atoms with Crippen LogP contribution in [0.5, 0.6) is 0 Å². The van der Waals surface area contributed by atoms with Crippen LogP contribution in [-0.2, 0) is 4.79 Å². The zero-order valence-electron chi connectivity index (χ0n) is 11.8. The van der Waals surface area contributed by atoms with E-state index < -0.39 is 5.97 Å². The largest absolute Gasteiger partial charge is 0.481 e. The molecule has 0 aliphatic carbocycles. The lowest BCUT2D eigenvalue weighted by Crippen LogP contribution is -2.16. The lowest BCUT2D eigenvalue weighted by atomic mass is 9.88. The first-order valence-corrected chi connectivity index (χ1v) is 6.72. The quantitative estimate of drug-likeness (QED) is 0.755. The molecule has 1 unspecified atom stereocenters. The van der Waals surface area contributed by atoms with Crippen LogP contribution < -0.4 is 5.32 Å². The van der Waals surface area contributed by atoms with Crippen LogP contribution in [0.25, 0.3) is 0 Å². The van der Waals surface area contributed by atoms with E-state index in [1.165, 1.54) is 6.20 Å². The smallest absolute Gasteiger partial charge is 0.303 e. The van der Waals surface area contributed by atoms with E-state index in [0.717, 1.165) is 6.42 Å². The van der Waals surface area contributed by atoms with Gasteiger partial charge in [0.05, 0.1) is 11.8 Å². The number of hydrogen-bond donors (Lipinski definition) is 2. The van der Waals surface area contributed by atoms with Gasteiger partial charge in [-0.2, -0.15) is 10.4 Å². The van der Waals surface area contributed by atoms with Crippen LogP contribution in [-0.4, -0.2) is 27.8 Å². The van der Waals surface area contributed by atoms with Crippen LogP contribution in [0.4, 0.5) is 5.82 Å². The molecule has 0 amide bonds. The van der Waals surface area contributed by atoms with Crippen LogP contribution in [0.2, 0.25) is 0 Å². The van der Waals surface area contributed by atoms with Gasteiger partial charge in [-0.15, -0.1) is 5.10 Å². The Balaban J connectivity index is 2.48. The van der Waals surface area contributed by atoms with E-state index in [1.807, 2.05) is 0 Å². The predicted molar refractivity (Wildman–Crippen MR) is 75.1 cm³/mol. The molecule has 6 nitrogen and oxygen atoms in total.